The number of hydrogen-bond donors (Lipinski definition) is 4. The summed E-state index contributed by atoms with van der Waals surface area (Å²) in [6, 6.07) is 19.7. The second-order valence-corrected chi connectivity index (χ2v) is 13.5. The molecule has 0 unspecified atom stereocenters. The second kappa shape index (κ2) is 20.1. The SMILES string of the molecule is CCCC[C@@H](C(=O)N[C@@H](CC(C)C)[C@@H](O)/C=C/C(=O)NCC(C)C)N(C(=O)[C@H](C)NC(=O)OCc1ccccc1)c1cccc2ccccc12. The van der Waals surface area contributed by atoms with Gasteiger partial charge in [-0.1, -0.05) is 114 Å². The van der Waals surface area contributed by atoms with E-state index in [-0.39, 0.29) is 24.3 Å². The lowest BCUT2D eigenvalue weighted by Gasteiger charge is -2.35. The van der Waals surface area contributed by atoms with E-state index >= 15 is 0 Å². The Morgan fingerprint density at radius 1 is 0.860 bits per heavy atom. The van der Waals surface area contributed by atoms with E-state index in [1.165, 1.54) is 17.1 Å². The number of anilines is 1. The van der Waals surface area contributed by atoms with E-state index in [2.05, 4.69) is 16.0 Å². The van der Waals surface area contributed by atoms with Crippen molar-refractivity contribution in [1.82, 2.24) is 16.0 Å². The number of rotatable bonds is 18. The highest BCUT2D eigenvalue weighted by Crippen LogP contribution is 2.30. The molecule has 4 atom stereocenters. The number of amides is 4. The summed E-state index contributed by atoms with van der Waals surface area (Å²) in [6.45, 7) is 12.1. The van der Waals surface area contributed by atoms with Gasteiger partial charge in [0.25, 0.3) is 0 Å². The third kappa shape index (κ3) is 12.3. The Bertz CT molecular complexity index is 1570. The number of ether oxygens (including phenoxy) is 1. The van der Waals surface area contributed by atoms with Crippen LogP contribution in [0.1, 0.15) is 72.8 Å². The molecule has 10 heteroatoms. The molecule has 0 aliphatic heterocycles. The highest BCUT2D eigenvalue weighted by Gasteiger charge is 2.36. The summed E-state index contributed by atoms with van der Waals surface area (Å²) in [5, 5.41) is 21.3. The zero-order chi connectivity index (χ0) is 36.6. The third-order valence-electron chi connectivity index (χ3n) is 8.22. The van der Waals surface area contributed by atoms with E-state index in [0.717, 1.165) is 22.8 Å². The van der Waals surface area contributed by atoms with Crippen molar-refractivity contribution >= 4 is 40.3 Å². The van der Waals surface area contributed by atoms with E-state index < -0.39 is 42.1 Å². The molecule has 10 nitrogen and oxygen atoms in total. The normalized spacial score (nSPS) is 13.9. The molecule has 0 spiro atoms. The zero-order valence-electron chi connectivity index (χ0n) is 30.2. The van der Waals surface area contributed by atoms with Gasteiger partial charge in [-0.3, -0.25) is 19.3 Å². The standard InChI is InChI=1S/C40H54N4O6/c1-7-8-20-35(38(47)43-33(24-27(2)3)36(45)22-23-37(46)41-25-28(4)5)44(34-21-14-18-31-17-12-13-19-32(31)34)39(48)29(6)42-40(49)50-26-30-15-10-9-11-16-30/h9-19,21-23,27-29,33,35-36,45H,7-8,20,24-26H2,1-6H3,(H,41,46)(H,42,49)(H,43,47)/b23-22+/t29-,33-,35-,36-/m0/s1. The van der Waals surface area contributed by atoms with Crippen LogP contribution < -0.4 is 20.9 Å². The van der Waals surface area contributed by atoms with Crippen LogP contribution in [-0.4, -0.2) is 59.7 Å². The summed E-state index contributed by atoms with van der Waals surface area (Å²) in [5.74, 6) is -0.882. The van der Waals surface area contributed by atoms with E-state index in [9.17, 15) is 24.3 Å². The molecule has 0 aromatic heterocycles. The predicted octanol–water partition coefficient (Wildman–Crippen LogP) is 6.27. The van der Waals surface area contributed by atoms with E-state index in [4.69, 9.17) is 4.74 Å². The van der Waals surface area contributed by atoms with E-state index in [1.54, 1.807) is 13.0 Å². The van der Waals surface area contributed by atoms with Crippen LogP contribution >= 0.6 is 0 Å². The van der Waals surface area contributed by atoms with Gasteiger partial charge in [0.05, 0.1) is 17.8 Å². The Labute approximate surface area is 296 Å². The number of nitrogens with one attached hydrogen (secondary N) is 3. The number of aliphatic hydroxyl groups is 1. The predicted molar refractivity (Wildman–Crippen MR) is 198 cm³/mol. The van der Waals surface area contributed by atoms with Gasteiger partial charge in [-0.15, -0.1) is 0 Å². The summed E-state index contributed by atoms with van der Waals surface area (Å²) in [7, 11) is 0. The average Bonchev–Trinajstić information content (AvgIpc) is 3.10. The molecule has 0 saturated heterocycles. The van der Waals surface area contributed by atoms with Crippen molar-refractivity contribution < 1.29 is 29.0 Å². The fourth-order valence-electron chi connectivity index (χ4n) is 5.60. The number of aliphatic hydroxyl groups excluding tert-OH is 1. The molecule has 3 aromatic rings. The number of fused-ring (bicyclic) bond motifs is 1. The molecule has 0 radical (unpaired) electrons. The molecule has 0 bridgehead atoms. The van der Waals surface area contributed by atoms with E-state index in [0.29, 0.717) is 31.5 Å². The minimum atomic E-state index is -1.15. The van der Waals surface area contributed by atoms with E-state index in [1.807, 2.05) is 101 Å². The highest BCUT2D eigenvalue weighted by molar-refractivity contribution is 6.09. The first-order chi connectivity index (χ1) is 23.9. The minimum absolute atomic E-state index is 0.0373. The number of carbonyl (C=O) groups excluding carboxylic acids is 4. The van der Waals surface area contributed by atoms with Gasteiger partial charge in [0.1, 0.15) is 18.7 Å². The monoisotopic (exact) mass is 686 g/mol. The van der Waals surface area contributed by atoms with Crippen LogP contribution in [0.4, 0.5) is 10.5 Å². The van der Waals surface area contributed by atoms with Crippen molar-refractivity contribution in [2.24, 2.45) is 11.8 Å². The van der Waals surface area contributed by atoms with Gasteiger partial charge < -0.3 is 25.8 Å². The molecule has 0 aliphatic carbocycles. The molecule has 3 rings (SSSR count). The Morgan fingerprint density at radius 2 is 1.54 bits per heavy atom. The van der Waals surface area contributed by atoms with Crippen LogP contribution in [-0.2, 0) is 25.7 Å². The van der Waals surface area contributed by atoms with Gasteiger partial charge in [-0.05, 0) is 54.7 Å². The largest absolute Gasteiger partial charge is 0.445 e. The molecule has 0 saturated carbocycles. The maximum absolute atomic E-state index is 14.5. The van der Waals surface area contributed by atoms with Crippen LogP contribution in [0, 0.1) is 11.8 Å². The van der Waals surface area contributed by atoms with Crippen molar-refractivity contribution in [3.05, 3.63) is 90.5 Å². The smallest absolute Gasteiger partial charge is 0.408 e. The van der Waals surface area contributed by atoms with Gasteiger partial charge in [-0.2, -0.15) is 0 Å². The number of benzene rings is 3. The maximum atomic E-state index is 14.5. The maximum Gasteiger partial charge on any atom is 0.408 e. The summed E-state index contributed by atoms with van der Waals surface area (Å²) >= 11 is 0. The van der Waals surface area contributed by atoms with Crippen LogP contribution in [0.2, 0.25) is 0 Å². The Balaban J connectivity index is 1.95. The number of unbranched alkanes of at least 4 members (excludes halogenated alkanes) is 1. The fourth-order valence-corrected chi connectivity index (χ4v) is 5.60. The Hall–Kier alpha value is -4.70. The van der Waals surface area contributed by atoms with Gasteiger partial charge in [0, 0.05) is 18.0 Å². The van der Waals surface area contributed by atoms with Crippen LogP contribution in [0.3, 0.4) is 0 Å². The first-order valence-electron chi connectivity index (χ1n) is 17.6. The topological polar surface area (TPSA) is 137 Å². The quantitative estimate of drug-likeness (QED) is 0.117. The second-order valence-electron chi connectivity index (χ2n) is 13.5. The molecule has 0 aliphatic rings. The molecule has 4 amide bonds. The van der Waals surface area contributed by atoms with Crippen molar-refractivity contribution in [1.29, 1.82) is 0 Å². The first kappa shape index (κ1) is 39.7. The third-order valence-corrected chi connectivity index (χ3v) is 8.22. The van der Waals surface area contributed by atoms with Gasteiger partial charge in [0.15, 0.2) is 0 Å². The molecular weight excluding hydrogens is 632 g/mol. The van der Waals surface area contributed by atoms with Crippen LogP contribution in [0.15, 0.2) is 84.9 Å². The van der Waals surface area contributed by atoms with Gasteiger partial charge >= 0.3 is 6.09 Å². The number of alkyl carbamates (subject to hydrolysis) is 1. The Morgan fingerprint density at radius 3 is 2.22 bits per heavy atom. The lowest BCUT2D eigenvalue weighted by molar-refractivity contribution is -0.128. The molecule has 50 heavy (non-hydrogen) atoms. The van der Waals surface area contributed by atoms with Crippen molar-refractivity contribution in [3.63, 3.8) is 0 Å². The molecular formula is C40H54N4O6. The highest BCUT2D eigenvalue weighted by atomic mass is 16.5. The molecule has 0 heterocycles. The summed E-state index contributed by atoms with van der Waals surface area (Å²) < 4.78 is 5.40. The van der Waals surface area contributed by atoms with Gasteiger partial charge in [-0.25, -0.2) is 4.79 Å². The van der Waals surface area contributed by atoms with Crippen molar-refractivity contribution in [2.75, 3.05) is 11.4 Å². The number of nitrogens with zero attached hydrogens (tertiary/aromatic N) is 1. The summed E-state index contributed by atoms with van der Waals surface area (Å²) in [5.41, 5.74) is 1.33. The average molecular weight is 687 g/mol. The first-order valence-corrected chi connectivity index (χ1v) is 17.6. The minimum Gasteiger partial charge on any atom is -0.445 e. The van der Waals surface area contributed by atoms with Crippen molar-refractivity contribution in [3.8, 4) is 0 Å². The molecule has 0 fully saturated rings. The molecule has 270 valence electrons. The summed E-state index contributed by atoms with van der Waals surface area (Å²) in [4.78, 5) is 55.5. The Kier molecular flexibility index (Phi) is 16.0. The molecule has 4 N–H and O–H groups in total. The lowest BCUT2D eigenvalue weighted by atomic mass is 9.97. The van der Waals surface area contributed by atoms with Crippen LogP contribution in [0.5, 0.6) is 0 Å². The van der Waals surface area contributed by atoms with Gasteiger partial charge in [0.2, 0.25) is 17.7 Å². The van der Waals surface area contributed by atoms with Crippen molar-refractivity contribution in [2.45, 2.75) is 98.1 Å². The zero-order valence-corrected chi connectivity index (χ0v) is 30.2. The lowest BCUT2D eigenvalue weighted by Crippen LogP contribution is -2.57. The fraction of sp³-hybridized carbons (Fsp3) is 0.450. The van der Waals surface area contributed by atoms with Crippen LogP contribution in [0.25, 0.3) is 10.8 Å². The number of hydrogen-bond acceptors (Lipinski definition) is 6. The number of carbonyl (C=O) groups is 4. The molecule has 3 aromatic carbocycles. The summed E-state index contributed by atoms with van der Waals surface area (Å²) in [6.07, 6.45) is 2.95.